The van der Waals surface area contributed by atoms with E-state index in [0.29, 0.717) is 44.6 Å². The van der Waals surface area contributed by atoms with E-state index in [0.717, 1.165) is 36.3 Å². The summed E-state index contributed by atoms with van der Waals surface area (Å²) in [5.41, 5.74) is 3.20. The molecule has 48 heavy (non-hydrogen) atoms. The number of hydrogen-bond donors (Lipinski definition) is 0. The molecule has 3 aromatic carbocycles. The molecule has 1 aromatic heterocycles. The van der Waals surface area contributed by atoms with Crippen molar-refractivity contribution in [1.29, 1.82) is 0 Å². The number of nitrogens with zero attached hydrogens (tertiary/aromatic N) is 7. The average molecular weight is 654 g/mol. The van der Waals surface area contributed by atoms with Crippen LogP contribution in [0.5, 0.6) is 0 Å². The van der Waals surface area contributed by atoms with E-state index < -0.39 is 12.1 Å². The predicted octanol–water partition coefficient (Wildman–Crippen LogP) is 4.49. The van der Waals surface area contributed by atoms with E-state index in [1.807, 2.05) is 54.4 Å². The van der Waals surface area contributed by atoms with E-state index in [2.05, 4.69) is 15.2 Å². The van der Waals surface area contributed by atoms with Crippen LogP contribution in [0.2, 0.25) is 0 Å². The van der Waals surface area contributed by atoms with Crippen molar-refractivity contribution in [2.24, 2.45) is 0 Å². The third kappa shape index (κ3) is 7.88. The normalized spacial score (nSPS) is 18.2. The Morgan fingerprint density at radius 3 is 2.40 bits per heavy atom. The van der Waals surface area contributed by atoms with Gasteiger partial charge in [-0.25, -0.2) is 13.9 Å². The number of anilines is 1. The molecule has 0 unspecified atom stereocenters. The fourth-order valence-electron chi connectivity index (χ4n) is 6.30. The van der Waals surface area contributed by atoms with E-state index in [1.54, 1.807) is 46.2 Å². The molecule has 3 atom stereocenters. The van der Waals surface area contributed by atoms with Gasteiger partial charge in [-0.3, -0.25) is 9.59 Å². The summed E-state index contributed by atoms with van der Waals surface area (Å²) >= 11 is 0. The van der Waals surface area contributed by atoms with Gasteiger partial charge in [-0.1, -0.05) is 47.7 Å². The van der Waals surface area contributed by atoms with E-state index in [9.17, 15) is 18.8 Å². The highest BCUT2D eigenvalue weighted by atomic mass is 19.1. The predicted molar refractivity (Wildman–Crippen MR) is 178 cm³/mol. The zero-order chi connectivity index (χ0) is 33.5. The highest BCUT2D eigenvalue weighted by Crippen LogP contribution is 2.45. The van der Waals surface area contributed by atoms with Gasteiger partial charge in [0, 0.05) is 50.4 Å². The molecule has 3 amide bonds. The molecule has 4 aromatic rings. The lowest BCUT2D eigenvalue weighted by molar-refractivity contribution is -0.135. The molecule has 250 valence electrons. The fourth-order valence-corrected chi connectivity index (χ4v) is 6.30. The summed E-state index contributed by atoms with van der Waals surface area (Å²) < 4.78 is 21.0. The zero-order valence-corrected chi connectivity index (χ0v) is 27.0. The first kappa shape index (κ1) is 32.8. The first-order chi connectivity index (χ1) is 23.4. The maximum Gasteiger partial charge on any atom is 0.410 e. The number of amides is 3. The van der Waals surface area contributed by atoms with Crippen molar-refractivity contribution in [3.8, 4) is 5.69 Å². The quantitative estimate of drug-likeness (QED) is 0.196. The summed E-state index contributed by atoms with van der Waals surface area (Å²) in [4.78, 5) is 47.5. The van der Waals surface area contributed by atoms with Crippen LogP contribution < -0.4 is 4.90 Å². The molecule has 0 radical (unpaired) electrons. The largest absolute Gasteiger partial charge is 0.445 e. The van der Waals surface area contributed by atoms with E-state index in [1.165, 1.54) is 17.0 Å². The monoisotopic (exact) mass is 653 g/mol. The lowest BCUT2D eigenvalue weighted by Gasteiger charge is -2.37. The summed E-state index contributed by atoms with van der Waals surface area (Å²) in [6.45, 7) is 3.12. The van der Waals surface area contributed by atoms with Crippen LogP contribution in [0, 0.1) is 5.82 Å². The Kier molecular flexibility index (Phi) is 10.4. The number of hydrogen-bond acceptors (Lipinski definition) is 7. The third-order valence-electron chi connectivity index (χ3n) is 9.16. The SMILES string of the molecule is CN1CCN(C(=O)[C@@H](CCCN(C(=O)OCc2ccccc2)[C@@H]2C[C@H]2c2ccc(F)cc2)N(C=O)c2ccc(-n3ccnn3)cc2)CC1. The smallest absolute Gasteiger partial charge is 0.410 e. The van der Waals surface area contributed by atoms with Gasteiger partial charge in [-0.2, -0.15) is 0 Å². The van der Waals surface area contributed by atoms with Crippen LogP contribution in [0.15, 0.2) is 91.3 Å². The fraction of sp³-hybridized carbons (Fsp3) is 0.361. The molecular formula is C36H40FN7O4. The summed E-state index contributed by atoms with van der Waals surface area (Å²) in [5, 5.41) is 7.87. The molecular weight excluding hydrogens is 613 g/mol. The highest BCUT2D eigenvalue weighted by Gasteiger charge is 2.45. The topological polar surface area (TPSA) is 104 Å². The lowest BCUT2D eigenvalue weighted by Crippen LogP contribution is -2.54. The standard InChI is InChI=1S/C36H40FN7O4/c1-40-20-22-41(23-21-40)35(46)33(43(26-45)30-13-15-31(16-14-30)44-19-17-38-39-44)8-5-18-42(36(47)48-25-27-6-3-2-4-7-27)34-24-32(34)28-9-11-29(37)12-10-28/h2-4,6-7,9-17,19,26,32-34H,5,8,18,20-25H2,1H3/t32-,33+,34+/m0/s1. The summed E-state index contributed by atoms with van der Waals surface area (Å²) in [5.74, 6) is -0.365. The van der Waals surface area contributed by atoms with Crippen LogP contribution in [-0.2, 0) is 20.9 Å². The van der Waals surface area contributed by atoms with Gasteiger partial charge in [-0.15, -0.1) is 5.10 Å². The molecule has 2 heterocycles. The molecule has 2 fully saturated rings. The Morgan fingerprint density at radius 2 is 1.73 bits per heavy atom. The van der Waals surface area contributed by atoms with Crippen LogP contribution in [0.25, 0.3) is 5.69 Å². The van der Waals surface area contributed by atoms with Gasteiger partial charge >= 0.3 is 6.09 Å². The summed E-state index contributed by atoms with van der Waals surface area (Å²) in [6.07, 6.45) is 5.11. The second-order valence-electron chi connectivity index (χ2n) is 12.4. The van der Waals surface area contributed by atoms with E-state index >= 15 is 0 Å². The average Bonchev–Trinajstić information content (AvgIpc) is 3.70. The molecule has 12 heteroatoms. The first-order valence-electron chi connectivity index (χ1n) is 16.3. The number of carbonyl (C=O) groups is 3. The molecule has 2 aliphatic rings. The zero-order valence-electron chi connectivity index (χ0n) is 27.0. The Balaban J connectivity index is 1.19. The number of piperazine rings is 1. The van der Waals surface area contributed by atoms with Gasteiger partial charge in [0.1, 0.15) is 18.5 Å². The first-order valence-corrected chi connectivity index (χ1v) is 16.3. The molecule has 1 aliphatic carbocycles. The van der Waals surface area contributed by atoms with Crippen LogP contribution in [0.1, 0.15) is 36.3 Å². The third-order valence-corrected chi connectivity index (χ3v) is 9.16. The van der Waals surface area contributed by atoms with Crippen molar-refractivity contribution < 1.29 is 23.5 Å². The molecule has 0 spiro atoms. The van der Waals surface area contributed by atoms with Gasteiger partial charge in [0.15, 0.2) is 0 Å². The Hall–Kier alpha value is -5.10. The maximum absolute atomic E-state index is 14.1. The highest BCUT2D eigenvalue weighted by molar-refractivity contribution is 5.92. The minimum atomic E-state index is -0.766. The number of benzene rings is 3. The van der Waals surface area contributed by atoms with Crippen LogP contribution in [0.3, 0.4) is 0 Å². The molecule has 1 saturated carbocycles. The van der Waals surface area contributed by atoms with Crippen LogP contribution in [0.4, 0.5) is 14.9 Å². The second-order valence-corrected chi connectivity index (χ2v) is 12.4. The van der Waals surface area contributed by atoms with Crippen molar-refractivity contribution in [2.75, 3.05) is 44.7 Å². The molecule has 0 N–H and O–H groups in total. The van der Waals surface area contributed by atoms with E-state index in [-0.39, 0.29) is 30.3 Å². The number of carbonyl (C=O) groups excluding carboxylic acids is 3. The van der Waals surface area contributed by atoms with Crippen molar-refractivity contribution in [3.05, 3.63) is 108 Å². The Bertz CT molecular complexity index is 1650. The van der Waals surface area contributed by atoms with Crippen LogP contribution in [-0.4, -0.2) is 100.0 Å². The number of rotatable bonds is 13. The van der Waals surface area contributed by atoms with Gasteiger partial charge in [0.25, 0.3) is 0 Å². The Labute approximate surface area is 279 Å². The van der Waals surface area contributed by atoms with Crippen molar-refractivity contribution in [3.63, 3.8) is 0 Å². The number of aromatic nitrogens is 3. The second kappa shape index (κ2) is 15.2. The minimum Gasteiger partial charge on any atom is -0.445 e. The summed E-state index contributed by atoms with van der Waals surface area (Å²) in [6, 6.07) is 22.2. The van der Waals surface area contributed by atoms with Crippen LogP contribution >= 0.6 is 0 Å². The van der Waals surface area contributed by atoms with E-state index in [4.69, 9.17) is 4.74 Å². The maximum atomic E-state index is 14.1. The van der Waals surface area contributed by atoms with Gasteiger partial charge in [0.05, 0.1) is 18.1 Å². The number of halogens is 1. The number of ether oxygens (including phenoxy) is 1. The number of likely N-dealkylation sites (N-methyl/N-ethyl adjacent to an activating group) is 1. The molecule has 6 rings (SSSR count). The van der Waals surface area contributed by atoms with Crippen molar-refractivity contribution in [2.45, 2.75) is 43.9 Å². The molecule has 1 saturated heterocycles. The molecule has 0 bridgehead atoms. The molecule has 11 nitrogen and oxygen atoms in total. The van der Waals surface area contributed by atoms with Crippen molar-refractivity contribution >= 4 is 24.1 Å². The Morgan fingerprint density at radius 1 is 1.00 bits per heavy atom. The lowest BCUT2D eigenvalue weighted by atomic mass is 10.1. The van der Waals surface area contributed by atoms with Crippen molar-refractivity contribution in [1.82, 2.24) is 29.7 Å². The van der Waals surface area contributed by atoms with Gasteiger partial charge < -0.3 is 24.3 Å². The molecule has 1 aliphatic heterocycles. The van der Waals surface area contributed by atoms with Gasteiger partial charge in [0.2, 0.25) is 12.3 Å². The van der Waals surface area contributed by atoms with Gasteiger partial charge in [-0.05, 0) is 73.8 Å². The summed E-state index contributed by atoms with van der Waals surface area (Å²) in [7, 11) is 2.02. The minimum absolute atomic E-state index is 0.0626.